The molecule has 5 rings (SSSR count). The van der Waals surface area contributed by atoms with Crippen LogP contribution in [0.15, 0.2) is 49.2 Å². The number of anilines is 2. The van der Waals surface area contributed by atoms with E-state index in [1.807, 2.05) is 18.2 Å². The summed E-state index contributed by atoms with van der Waals surface area (Å²) >= 11 is 0. The number of nitrogens with zero attached hydrogens (tertiary/aromatic N) is 5. The van der Waals surface area contributed by atoms with E-state index in [9.17, 15) is 4.39 Å². The third-order valence-electron chi connectivity index (χ3n) is 5.66. The Hall–Kier alpha value is -3.59. The molecule has 1 fully saturated rings. The predicted molar refractivity (Wildman–Crippen MR) is 123 cm³/mol. The number of hydrogen-bond acceptors (Lipinski definition) is 7. The maximum absolute atomic E-state index is 14.4. The molecule has 0 amide bonds. The molecule has 1 aliphatic rings. The molecule has 1 aliphatic heterocycles. The number of halogens is 1. The van der Waals surface area contributed by atoms with E-state index in [2.05, 4.69) is 49.3 Å². The zero-order valence-corrected chi connectivity index (χ0v) is 18.1. The number of hydrogen-bond donors (Lipinski definition) is 3. The highest BCUT2D eigenvalue weighted by atomic mass is 19.1. The van der Waals surface area contributed by atoms with Crippen molar-refractivity contribution in [2.45, 2.75) is 25.9 Å². The van der Waals surface area contributed by atoms with Crippen molar-refractivity contribution in [1.82, 2.24) is 30.2 Å². The van der Waals surface area contributed by atoms with Gasteiger partial charge in [-0.3, -0.25) is 4.98 Å². The highest BCUT2D eigenvalue weighted by Gasteiger charge is 2.26. The Labute approximate surface area is 185 Å². The van der Waals surface area contributed by atoms with Gasteiger partial charge in [-0.15, -0.1) is 0 Å². The molecule has 4 aromatic heterocycles. The van der Waals surface area contributed by atoms with Crippen molar-refractivity contribution < 1.29 is 4.39 Å². The van der Waals surface area contributed by atoms with Gasteiger partial charge in [-0.25, -0.2) is 19.3 Å². The van der Waals surface area contributed by atoms with Gasteiger partial charge in [-0.05, 0) is 32.0 Å². The molecule has 5 heterocycles. The fourth-order valence-electron chi connectivity index (χ4n) is 4.16. The Balaban J connectivity index is 1.41. The van der Waals surface area contributed by atoms with Crippen LogP contribution in [0.25, 0.3) is 22.2 Å². The minimum atomic E-state index is -0.392. The molecule has 8 nitrogen and oxygen atoms in total. The molecule has 3 N–H and O–H groups in total. The van der Waals surface area contributed by atoms with E-state index in [0.29, 0.717) is 29.1 Å². The van der Waals surface area contributed by atoms with Crippen molar-refractivity contribution in [2.75, 3.05) is 29.9 Å². The number of pyridine rings is 2. The Bertz CT molecular complexity index is 1250. The molecule has 9 heteroatoms. The first kappa shape index (κ1) is 20.3. The van der Waals surface area contributed by atoms with E-state index in [0.717, 1.165) is 36.5 Å². The topological polar surface area (TPSA) is 94.6 Å². The molecule has 0 aliphatic carbocycles. The fraction of sp³-hybridized carbons (Fsp3) is 0.304. The Kier molecular flexibility index (Phi) is 5.18. The summed E-state index contributed by atoms with van der Waals surface area (Å²) in [6.45, 7) is 7.63. The Morgan fingerprint density at radius 2 is 2.09 bits per heavy atom. The van der Waals surface area contributed by atoms with Gasteiger partial charge in [0.25, 0.3) is 0 Å². The molecular formula is C23H25FN8. The summed E-state index contributed by atoms with van der Waals surface area (Å²) in [7, 11) is 0. The predicted octanol–water partition coefficient (Wildman–Crippen LogP) is 3.35. The van der Waals surface area contributed by atoms with E-state index in [1.165, 1.54) is 12.5 Å². The lowest BCUT2D eigenvalue weighted by atomic mass is 10.0. The smallest absolute Gasteiger partial charge is 0.149 e. The second-order valence-electron chi connectivity index (χ2n) is 8.58. The zero-order valence-electron chi connectivity index (χ0n) is 18.1. The van der Waals surface area contributed by atoms with Gasteiger partial charge in [0.2, 0.25) is 0 Å². The molecular weight excluding hydrogens is 407 g/mol. The average Bonchev–Trinajstić information content (AvgIpc) is 3.22. The van der Waals surface area contributed by atoms with Gasteiger partial charge in [0, 0.05) is 48.7 Å². The van der Waals surface area contributed by atoms with Crippen LogP contribution in [0.3, 0.4) is 0 Å². The van der Waals surface area contributed by atoms with Crippen LogP contribution < -0.4 is 15.5 Å². The summed E-state index contributed by atoms with van der Waals surface area (Å²) in [5.41, 5.74) is 2.72. The highest BCUT2D eigenvalue weighted by molar-refractivity contribution is 6.00. The van der Waals surface area contributed by atoms with Gasteiger partial charge in [0.15, 0.2) is 0 Å². The van der Waals surface area contributed by atoms with Crippen LogP contribution in [0.5, 0.6) is 0 Å². The first-order valence-corrected chi connectivity index (χ1v) is 10.6. The van der Waals surface area contributed by atoms with E-state index >= 15 is 0 Å². The number of rotatable bonds is 5. The largest absolute Gasteiger partial charge is 0.364 e. The van der Waals surface area contributed by atoms with Crippen molar-refractivity contribution >= 4 is 22.7 Å². The lowest BCUT2D eigenvalue weighted by Gasteiger charge is -2.39. The summed E-state index contributed by atoms with van der Waals surface area (Å²) in [6, 6.07) is 7.71. The van der Waals surface area contributed by atoms with Gasteiger partial charge in [-0.2, -0.15) is 0 Å². The summed E-state index contributed by atoms with van der Waals surface area (Å²) in [4.78, 5) is 22.8. The van der Waals surface area contributed by atoms with E-state index < -0.39 is 5.82 Å². The monoisotopic (exact) mass is 432 g/mol. The summed E-state index contributed by atoms with van der Waals surface area (Å²) in [5.74, 6) is 1.20. The highest BCUT2D eigenvalue weighted by Crippen LogP contribution is 2.33. The number of aromatic nitrogens is 5. The molecule has 0 unspecified atom stereocenters. The van der Waals surface area contributed by atoms with Crippen molar-refractivity contribution in [3.8, 4) is 11.1 Å². The Morgan fingerprint density at radius 3 is 2.94 bits per heavy atom. The van der Waals surface area contributed by atoms with Crippen LogP contribution in [0, 0.1) is 5.82 Å². The summed E-state index contributed by atoms with van der Waals surface area (Å²) < 4.78 is 14.4. The molecule has 0 aromatic carbocycles. The molecule has 0 spiro atoms. The third kappa shape index (κ3) is 3.99. The maximum Gasteiger partial charge on any atom is 0.149 e. The van der Waals surface area contributed by atoms with Crippen molar-refractivity contribution in [3.05, 3.63) is 60.7 Å². The van der Waals surface area contributed by atoms with Crippen LogP contribution in [-0.2, 0) is 6.54 Å². The van der Waals surface area contributed by atoms with Crippen molar-refractivity contribution in [2.24, 2.45) is 0 Å². The minimum Gasteiger partial charge on any atom is -0.364 e. The van der Waals surface area contributed by atoms with Crippen LogP contribution in [0.1, 0.15) is 19.5 Å². The summed E-state index contributed by atoms with van der Waals surface area (Å²) in [5, 5.41) is 7.62. The zero-order chi connectivity index (χ0) is 22.1. The number of aromatic amines is 1. The molecule has 32 heavy (non-hydrogen) atoms. The number of nitrogens with one attached hydrogen (secondary N) is 3. The first-order valence-electron chi connectivity index (χ1n) is 10.6. The van der Waals surface area contributed by atoms with E-state index in [1.54, 1.807) is 18.5 Å². The molecule has 4 aromatic rings. The maximum atomic E-state index is 14.4. The number of H-pyrrole nitrogens is 1. The van der Waals surface area contributed by atoms with Crippen molar-refractivity contribution in [3.63, 3.8) is 0 Å². The number of fused-ring (bicyclic) bond motifs is 1. The molecule has 0 bridgehead atoms. The second-order valence-corrected chi connectivity index (χ2v) is 8.58. The minimum absolute atomic E-state index is 0.0493. The van der Waals surface area contributed by atoms with Crippen LogP contribution in [0.2, 0.25) is 0 Å². The van der Waals surface area contributed by atoms with E-state index in [-0.39, 0.29) is 5.54 Å². The van der Waals surface area contributed by atoms with Gasteiger partial charge in [0.05, 0.1) is 23.8 Å². The average molecular weight is 433 g/mol. The quantitative estimate of drug-likeness (QED) is 0.445. The van der Waals surface area contributed by atoms with Crippen LogP contribution in [-0.4, -0.2) is 50.1 Å². The normalized spacial score (nSPS) is 15.8. The van der Waals surface area contributed by atoms with Gasteiger partial charge in [0.1, 0.15) is 29.4 Å². The fourth-order valence-corrected chi connectivity index (χ4v) is 4.16. The first-order chi connectivity index (χ1) is 15.5. The van der Waals surface area contributed by atoms with Crippen LogP contribution in [0.4, 0.5) is 16.0 Å². The summed E-state index contributed by atoms with van der Waals surface area (Å²) in [6.07, 6.45) is 6.01. The van der Waals surface area contributed by atoms with Gasteiger partial charge >= 0.3 is 0 Å². The standard InChI is InChI=1S/C23H25FN8/c1-23(2)13-32(9-8-30-23)19-5-3-4-15(31-19)10-26-21-20-17(11-27-22(20)29-14-28-21)16-6-7-25-12-18(16)24/h3-7,11-12,14,30H,8-10,13H2,1-2H3,(H2,26,27,28,29). The van der Waals surface area contributed by atoms with Gasteiger partial charge < -0.3 is 20.5 Å². The molecule has 1 saturated heterocycles. The molecule has 0 radical (unpaired) electrons. The molecule has 0 atom stereocenters. The Morgan fingerprint density at radius 1 is 1.19 bits per heavy atom. The lowest BCUT2D eigenvalue weighted by Crippen LogP contribution is -2.57. The third-order valence-corrected chi connectivity index (χ3v) is 5.66. The van der Waals surface area contributed by atoms with Gasteiger partial charge in [-0.1, -0.05) is 6.07 Å². The second kappa shape index (κ2) is 8.16. The van der Waals surface area contributed by atoms with E-state index in [4.69, 9.17) is 4.98 Å². The van der Waals surface area contributed by atoms with Crippen LogP contribution >= 0.6 is 0 Å². The SMILES string of the molecule is CC1(C)CN(c2cccc(CNc3ncnc4[nH]cc(-c5ccncc5F)c34)n2)CCN1. The van der Waals surface area contributed by atoms with Crippen molar-refractivity contribution in [1.29, 1.82) is 0 Å². The molecule has 0 saturated carbocycles. The number of piperazine rings is 1. The lowest BCUT2D eigenvalue weighted by molar-refractivity contribution is 0.351. The molecule has 164 valence electrons.